The first kappa shape index (κ1) is 21.9. The second-order valence-electron chi connectivity index (χ2n) is 6.14. The summed E-state index contributed by atoms with van der Waals surface area (Å²) in [6.07, 6.45) is -9.34. The van der Waals surface area contributed by atoms with Gasteiger partial charge in [0.2, 0.25) is 17.7 Å². The summed E-state index contributed by atoms with van der Waals surface area (Å²) in [6, 6.07) is -4.20. The minimum absolute atomic E-state index is 0.0302. The first-order chi connectivity index (χ1) is 12.8. The number of anilines is 2. The Labute approximate surface area is 155 Å². The molecular formula is C15H16F7N5O. The summed E-state index contributed by atoms with van der Waals surface area (Å²) in [5, 5.41) is 3.83. The van der Waals surface area contributed by atoms with Crippen LogP contribution in [0.1, 0.15) is 26.1 Å². The monoisotopic (exact) mass is 415 g/mol. The van der Waals surface area contributed by atoms with E-state index in [1.165, 1.54) is 0 Å². The van der Waals surface area contributed by atoms with Crippen molar-refractivity contribution >= 4 is 11.9 Å². The molecule has 28 heavy (non-hydrogen) atoms. The zero-order valence-electron chi connectivity index (χ0n) is 14.7. The number of hydrogen-bond donors (Lipinski definition) is 2. The zero-order valence-corrected chi connectivity index (χ0v) is 14.7. The second-order valence-corrected chi connectivity index (χ2v) is 6.14. The molecule has 0 spiro atoms. The van der Waals surface area contributed by atoms with Crippen LogP contribution in [0.4, 0.5) is 42.6 Å². The number of nitrogens with zero attached hydrogens (tertiary/aromatic N) is 3. The number of halogens is 7. The molecule has 1 unspecified atom stereocenters. The fourth-order valence-electron chi connectivity index (χ4n) is 1.92. The Kier molecular flexibility index (Phi) is 6.22. The summed E-state index contributed by atoms with van der Waals surface area (Å²) in [6.45, 7) is 1.37. The van der Waals surface area contributed by atoms with Crippen molar-refractivity contribution in [3.05, 3.63) is 5.82 Å². The lowest BCUT2D eigenvalue weighted by molar-refractivity contribution is -0.139. The third kappa shape index (κ3) is 6.08. The largest absolute Gasteiger partial charge is 0.408 e. The first-order valence-electron chi connectivity index (χ1n) is 8.01. The van der Waals surface area contributed by atoms with E-state index in [9.17, 15) is 30.7 Å². The van der Waals surface area contributed by atoms with Crippen LogP contribution in [0.25, 0.3) is 0 Å². The number of nitrogens with one attached hydrogen (secondary N) is 2. The van der Waals surface area contributed by atoms with Crippen molar-refractivity contribution < 1.29 is 35.5 Å². The van der Waals surface area contributed by atoms with Crippen LogP contribution in [0, 0.1) is 11.8 Å². The van der Waals surface area contributed by atoms with Gasteiger partial charge in [0, 0.05) is 6.42 Å². The molecule has 156 valence electrons. The molecule has 6 nitrogen and oxygen atoms in total. The smallest absolute Gasteiger partial charge is 0.377 e. The summed E-state index contributed by atoms with van der Waals surface area (Å²) < 4.78 is 95.4. The fraction of sp³-hybridized carbons (Fsp3) is 0.667. The molecule has 1 aliphatic rings. The minimum Gasteiger partial charge on any atom is -0.377 e. The van der Waals surface area contributed by atoms with Crippen molar-refractivity contribution in [2.75, 3.05) is 23.8 Å². The Morgan fingerprint density at radius 2 is 1.46 bits per heavy atom. The third-order valence-electron chi connectivity index (χ3n) is 3.68. The molecule has 13 heteroatoms. The Balaban J connectivity index is 2.33. The average molecular weight is 415 g/mol. The Bertz CT molecular complexity index is 710. The van der Waals surface area contributed by atoms with Crippen molar-refractivity contribution in [1.29, 1.82) is 0 Å². The van der Waals surface area contributed by atoms with Gasteiger partial charge in [-0.2, -0.15) is 41.3 Å². The van der Waals surface area contributed by atoms with E-state index in [2.05, 4.69) is 26.8 Å². The summed E-state index contributed by atoms with van der Waals surface area (Å²) in [5.74, 6) is 2.62. The van der Waals surface area contributed by atoms with Crippen LogP contribution in [0.2, 0.25) is 0 Å². The highest BCUT2D eigenvalue weighted by Gasteiger charge is 2.38. The molecule has 0 aliphatic carbocycles. The molecule has 1 aromatic rings. The molecule has 2 rings (SSSR count). The normalized spacial score (nSPS) is 22.2. The summed E-state index contributed by atoms with van der Waals surface area (Å²) in [7, 11) is 0. The molecule has 2 heterocycles. The first-order valence-corrected chi connectivity index (χ1v) is 8.01. The summed E-state index contributed by atoms with van der Waals surface area (Å²) >= 11 is 0. The molecular weight excluding hydrogens is 399 g/mol. The highest BCUT2D eigenvalue weighted by Crippen LogP contribution is 2.25. The maximum Gasteiger partial charge on any atom is 0.408 e. The molecule has 0 radical (unpaired) electrons. The van der Waals surface area contributed by atoms with Crippen molar-refractivity contribution in [1.82, 2.24) is 15.0 Å². The number of aromatic nitrogens is 3. The van der Waals surface area contributed by atoms with Gasteiger partial charge in [0.25, 0.3) is 0 Å². The lowest BCUT2D eigenvalue weighted by Crippen LogP contribution is -2.35. The Morgan fingerprint density at radius 3 is 1.86 bits per heavy atom. The van der Waals surface area contributed by atoms with Crippen molar-refractivity contribution in [3.8, 4) is 11.8 Å². The van der Waals surface area contributed by atoms with Gasteiger partial charge in [-0.15, -0.1) is 0 Å². The number of hydrogen-bond acceptors (Lipinski definition) is 6. The quantitative estimate of drug-likeness (QED) is 0.582. The van der Waals surface area contributed by atoms with Crippen molar-refractivity contribution in [2.45, 2.75) is 50.4 Å². The van der Waals surface area contributed by atoms with Gasteiger partial charge in [0.15, 0.2) is 5.67 Å². The van der Waals surface area contributed by atoms with E-state index in [1.54, 1.807) is 0 Å². The predicted octanol–water partition coefficient (Wildman–Crippen LogP) is 3.08. The molecule has 1 aromatic heterocycles. The maximum atomic E-state index is 14.2. The standard InChI is InChI=1S/C15H16F7N5O/c1-8(14(17,18)19)23-11-25-10(3-4-13(16)5-6-28-7-13)26-12(27-11)24-9(2)15(20,21)22/h8-9H,5-7H2,1-2H3,(H2,23,24,25,26,27)/t8-,9-,13?/m1/s1. The van der Waals surface area contributed by atoms with Crippen LogP contribution in [0.15, 0.2) is 0 Å². The van der Waals surface area contributed by atoms with Gasteiger partial charge in [-0.3, -0.25) is 0 Å². The van der Waals surface area contributed by atoms with E-state index in [4.69, 9.17) is 4.74 Å². The van der Waals surface area contributed by atoms with Crippen LogP contribution in [0.3, 0.4) is 0 Å². The van der Waals surface area contributed by atoms with Crippen LogP contribution < -0.4 is 10.6 Å². The lowest BCUT2D eigenvalue weighted by Gasteiger charge is -2.19. The third-order valence-corrected chi connectivity index (χ3v) is 3.68. The van der Waals surface area contributed by atoms with E-state index in [0.29, 0.717) is 0 Å². The Hall–Kier alpha value is -2.36. The van der Waals surface area contributed by atoms with E-state index in [1.807, 2.05) is 10.6 Å². The van der Waals surface area contributed by atoms with Crippen molar-refractivity contribution in [3.63, 3.8) is 0 Å². The van der Waals surface area contributed by atoms with Crippen LogP contribution >= 0.6 is 0 Å². The van der Waals surface area contributed by atoms with Gasteiger partial charge in [-0.1, -0.05) is 5.92 Å². The van der Waals surface area contributed by atoms with Crippen LogP contribution in [0.5, 0.6) is 0 Å². The van der Waals surface area contributed by atoms with Gasteiger partial charge in [0.05, 0.1) is 13.2 Å². The van der Waals surface area contributed by atoms with Crippen molar-refractivity contribution in [2.24, 2.45) is 0 Å². The number of ether oxygens (including phenoxy) is 1. The van der Waals surface area contributed by atoms with E-state index >= 15 is 0 Å². The number of rotatable bonds is 4. The van der Waals surface area contributed by atoms with Gasteiger partial charge < -0.3 is 15.4 Å². The zero-order chi connectivity index (χ0) is 21.2. The Morgan fingerprint density at radius 1 is 0.964 bits per heavy atom. The minimum atomic E-state index is -4.66. The van der Waals surface area contributed by atoms with Gasteiger partial charge in [-0.25, -0.2) is 4.39 Å². The average Bonchev–Trinajstić information content (AvgIpc) is 2.98. The molecule has 3 atom stereocenters. The van der Waals surface area contributed by atoms with Crippen LogP contribution in [-0.2, 0) is 4.74 Å². The number of alkyl halides is 7. The lowest BCUT2D eigenvalue weighted by atomic mass is 10.1. The SMILES string of the molecule is C[C@@H](Nc1nc(C#CC2(F)CCOC2)nc(N[C@H](C)C(F)(F)F)n1)C(F)(F)F. The van der Waals surface area contributed by atoms with E-state index in [-0.39, 0.29) is 19.6 Å². The second kappa shape index (κ2) is 7.94. The molecule has 1 aliphatic heterocycles. The molecule has 1 saturated heterocycles. The topological polar surface area (TPSA) is 72.0 Å². The fourth-order valence-corrected chi connectivity index (χ4v) is 1.92. The van der Waals surface area contributed by atoms with E-state index < -0.39 is 47.8 Å². The molecule has 0 amide bonds. The summed E-state index contributed by atoms with van der Waals surface area (Å²) in [5.41, 5.74) is -1.99. The van der Waals surface area contributed by atoms with Gasteiger partial charge >= 0.3 is 12.4 Å². The maximum absolute atomic E-state index is 14.2. The molecule has 0 aromatic carbocycles. The molecule has 0 bridgehead atoms. The molecule has 0 saturated carbocycles. The van der Waals surface area contributed by atoms with E-state index in [0.717, 1.165) is 13.8 Å². The molecule has 2 N–H and O–H groups in total. The highest BCUT2D eigenvalue weighted by atomic mass is 19.4. The van der Waals surface area contributed by atoms with Crippen LogP contribution in [-0.4, -0.2) is 58.3 Å². The predicted molar refractivity (Wildman–Crippen MR) is 84.3 cm³/mol. The van der Waals surface area contributed by atoms with Gasteiger partial charge in [0.1, 0.15) is 12.1 Å². The summed E-state index contributed by atoms with van der Waals surface area (Å²) in [4.78, 5) is 10.7. The highest BCUT2D eigenvalue weighted by molar-refractivity contribution is 5.40. The van der Waals surface area contributed by atoms with Gasteiger partial charge in [-0.05, 0) is 19.8 Å². The molecule has 1 fully saturated rings.